The number of aliphatic carboxylic acids is 1. The molecule has 0 saturated heterocycles. The second kappa shape index (κ2) is 10.3. The zero-order valence-corrected chi connectivity index (χ0v) is 15.9. The number of benzene rings is 2. The summed E-state index contributed by atoms with van der Waals surface area (Å²) in [4.78, 5) is 36.8. The molecule has 0 aliphatic carbocycles. The summed E-state index contributed by atoms with van der Waals surface area (Å²) in [5.41, 5.74) is 1.50. The van der Waals surface area contributed by atoms with E-state index >= 15 is 0 Å². The molecule has 1 unspecified atom stereocenters. The van der Waals surface area contributed by atoms with Gasteiger partial charge in [-0.2, -0.15) is 0 Å². The van der Waals surface area contributed by atoms with Crippen molar-refractivity contribution in [1.82, 2.24) is 0 Å². The van der Waals surface area contributed by atoms with Crippen LogP contribution in [-0.2, 0) is 37.1 Å². The van der Waals surface area contributed by atoms with Crippen molar-refractivity contribution >= 4 is 17.9 Å². The molecule has 28 heavy (non-hydrogen) atoms. The van der Waals surface area contributed by atoms with Crippen LogP contribution >= 0.6 is 0 Å². The smallest absolute Gasteiger partial charge is 0.321 e. The standard InChI is InChI=1S/C22H24O6/c1-15(2)18(21(25)27-13-16-9-5-3-6-10-16)19(20(23)24)22(26)28-14-17-11-7-4-8-12-17/h3-12,15,18-19H,13-14H2,1-2H3,(H,23,24)/t18?,19-/m0/s1. The van der Waals surface area contributed by atoms with Gasteiger partial charge in [0, 0.05) is 0 Å². The van der Waals surface area contributed by atoms with E-state index in [0.717, 1.165) is 11.1 Å². The lowest BCUT2D eigenvalue weighted by Crippen LogP contribution is -2.40. The van der Waals surface area contributed by atoms with E-state index in [2.05, 4.69) is 0 Å². The zero-order valence-electron chi connectivity index (χ0n) is 15.9. The minimum absolute atomic E-state index is 0.00823. The molecule has 148 valence electrons. The fourth-order valence-electron chi connectivity index (χ4n) is 2.84. The molecule has 2 rings (SSSR count). The van der Waals surface area contributed by atoms with Crippen LogP contribution in [0, 0.1) is 17.8 Å². The fourth-order valence-corrected chi connectivity index (χ4v) is 2.84. The molecule has 0 spiro atoms. The minimum Gasteiger partial charge on any atom is -0.481 e. The Bertz CT molecular complexity index is 785. The first-order valence-corrected chi connectivity index (χ1v) is 9.04. The molecule has 2 aromatic carbocycles. The highest BCUT2D eigenvalue weighted by atomic mass is 16.5. The molecule has 6 nitrogen and oxygen atoms in total. The van der Waals surface area contributed by atoms with Crippen molar-refractivity contribution in [3.8, 4) is 0 Å². The van der Waals surface area contributed by atoms with E-state index in [9.17, 15) is 19.5 Å². The number of rotatable bonds is 9. The Morgan fingerprint density at radius 2 is 1.21 bits per heavy atom. The Morgan fingerprint density at radius 3 is 1.61 bits per heavy atom. The summed E-state index contributed by atoms with van der Waals surface area (Å²) < 4.78 is 10.5. The Hall–Kier alpha value is -3.15. The molecule has 2 atom stereocenters. The average Bonchev–Trinajstić information content (AvgIpc) is 2.69. The number of carbonyl (C=O) groups excluding carboxylic acids is 2. The second-order valence-electron chi connectivity index (χ2n) is 6.77. The van der Waals surface area contributed by atoms with E-state index in [1.165, 1.54) is 0 Å². The van der Waals surface area contributed by atoms with Crippen molar-refractivity contribution in [3.63, 3.8) is 0 Å². The van der Waals surface area contributed by atoms with Crippen LogP contribution < -0.4 is 0 Å². The van der Waals surface area contributed by atoms with Gasteiger partial charge in [0.1, 0.15) is 13.2 Å². The molecule has 0 saturated carbocycles. The van der Waals surface area contributed by atoms with Gasteiger partial charge < -0.3 is 14.6 Å². The Labute approximate surface area is 164 Å². The van der Waals surface area contributed by atoms with E-state index in [1.807, 2.05) is 24.3 Å². The normalized spacial score (nSPS) is 12.8. The van der Waals surface area contributed by atoms with Crippen molar-refractivity contribution in [2.75, 3.05) is 0 Å². The summed E-state index contributed by atoms with van der Waals surface area (Å²) in [6.45, 7) is 3.30. The molecule has 0 heterocycles. The van der Waals surface area contributed by atoms with E-state index in [0.29, 0.717) is 0 Å². The summed E-state index contributed by atoms with van der Waals surface area (Å²) >= 11 is 0. The topological polar surface area (TPSA) is 89.9 Å². The summed E-state index contributed by atoms with van der Waals surface area (Å²) in [6, 6.07) is 18.0. The number of hydrogen-bond acceptors (Lipinski definition) is 5. The lowest BCUT2D eigenvalue weighted by molar-refractivity contribution is -0.172. The van der Waals surface area contributed by atoms with Crippen molar-refractivity contribution < 1.29 is 29.0 Å². The molecule has 0 fully saturated rings. The first kappa shape index (κ1) is 21.2. The monoisotopic (exact) mass is 384 g/mol. The van der Waals surface area contributed by atoms with Crippen LogP contribution in [-0.4, -0.2) is 23.0 Å². The van der Waals surface area contributed by atoms with Crippen LogP contribution in [0.15, 0.2) is 60.7 Å². The number of ether oxygens (including phenoxy) is 2. The molecule has 0 bridgehead atoms. The Morgan fingerprint density at radius 1 is 0.786 bits per heavy atom. The number of esters is 2. The van der Waals surface area contributed by atoms with E-state index in [4.69, 9.17) is 9.47 Å². The quantitative estimate of drug-likeness (QED) is 0.526. The maximum Gasteiger partial charge on any atom is 0.321 e. The van der Waals surface area contributed by atoms with Crippen molar-refractivity contribution in [1.29, 1.82) is 0 Å². The Kier molecular flexibility index (Phi) is 7.75. The second-order valence-corrected chi connectivity index (χ2v) is 6.77. The summed E-state index contributed by atoms with van der Waals surface area (Å²) in [5, 5.41) is 9.59. The SMILES string of the molecule is CC(C)C(C(=O)OCc1ccccc1)[C@@H](C(=O)O)C(=O)OCc1ccccc1. The third kappa shape index (κ3) is 5.94. The van der Waals surface area contributed by atoms with Crippen LogP contribution in [0.1, 0.15) is 25.0 Å². The molecule has 2 aromatic rings. The molecule has 1 N–H and O–H groups in total. The van der Waals surface area contributed by atoms with Gasteiger partial charge in [-0.3, -0.25) is 14.4 Å². The van der Waals surface area contributed by atoms with Gasteiger partial charge in [-0.15, -0.1) is 0 Å². The number of hydrogen-bond donors (Lipinski definition) is 1. The molecule has 0 aliphatic heterocycles. The molecule has 0 radical (unpaired) electrons. The highest BCUT2D eigenvalue weighted by Crippen LogP contribution is 2.25. The van der Waals surface area contributed by atoms with Crippen LogP contribution in [0.4, 0.5) is 0 Å². The largest absolute Gasteiger partial charge is 0.481 e. The van der Waals surface area contributed by atoms with Gasteiger partial charge in [0.05, 0.1) is 5.92 Å². The van der Waals surface area contributed by atoms with Crippen LogP contribution in [0.5, 0.6) is 0 Å². The minimum atomic E-state index is -1.63. The zero-order chi connectivity index (χ0) is 20.5. The lowest BCUT2D eigenvalue weighted by Gasteiger charge is -2.24. The molecular weight excluding hydrogens is 360 g/mol. The van der Waals surface area contributed by atoms with Crippen LogP contribution in [0.3, 0.4) is 0 Å². The molecule has 6 heteroatoms. The van der Waals surface area contributed by atoms with E-state index < -0.39 is 35.7 Å². The lowest BCUT2D eigenvalue weighted by atomic mass is 9.83. The Balaban J connectivity index is 2.08. The number of carboxylic acids is 1. The van der Waals surface area contributed by atoms with Crippen LogP contribution in [0.25, 0.3) is 0 Å². The fraction of sp³-hybridized carbons (Fsp3) is 0.318. The van der Waals surface area contributed by atoms with Gasteiger partial charge >= 0.3 is 17.9 Å². The summed E-state index contributed by atoms with van der Waals surface area (Å²) in [7, 11) is 0. The van der Waals surface area contributed by atoms with Gasteiger partial charge in [0.15, 0.2) is 5.92 Å². The third-order valence-electron chi connectivity index (χ3n) is 4.32. The summed E-state index contributed by atoms with van der Waals surface area (Å²) in [5.74, 6) is -6.30. The number of carboxylic acid groups (broad SMARTS) is 1. The number of carbonyl (C=O) groups is 3. The molecule has 0 aliphatic rings. The predicted octanol–water partition coefficient (Wildman–Crippen LogP) is 3.45. The van der Waals surface area contributed by atoms with Gasteiger partial charge in [-0.1, -0.05) is 74.5 Å². The van der Waals surface area contributed by atoms with Gasteiger partial charge in [0.2, 0.25) is 0 Å². The summed E-state index contributed by atoms with van der Waals surface area (Å²) in [6.07, 6.45) is 0. The van der Waals surface area contributed by atoms with Gasteiger partial charge in [-0.25, -0.2) is 0 Å². The van der Waals surface area contributed by atoms with Crippen molar-refractivity contribution in [2.24, 2.45) is 17.8 Å². The predicted molar refractivity (Wildman–Crippen MR) is 102 cm³/mol. The van der Waals surface area contributed by atoms with E-state index in [-0.39, 0.29) is 13.2 Å². The van der Waals surface area contributed by atoms with Crippen LogP contribution in [0.2, 0.25) is 0 Å². The maximum absolute atomic E-state index is 12.6. The first-order chi connectivity index (χ1) is 13.4. The highest BCUT2D eigenvalue weighted by molar-refractivity contribution is 5.98. The maximum atomic E-state index is 12.6. The molecule has 0 amide bonds. The first-order valence-electron chi connectivity index (χ1n) is 9.04. The van der Waals surface area contributed by atoms with Crippen molar-refractivity contribution in [3.05, 3.63) is 71.8 Å². The molecular formula is C22H24O6. The molecule has 0 aromatic heterocycles. The van der Waals surface area contributed by atoms with E-state index in [1.54, 1.807) is 50.2 Å². The average molecular weight is 384 g/mol. The highest BCUT2D eigenvalue weighted by Gasteiger charge is 2.43. The van der Waals surface area contributed by atoms with Gasteiger partial charge in [-0.05, 0) is 17.0 Å². The van der Waals surface area contributed by atoms with Gasteiger partial charge in [0.25, 0.3) is 0 Å². The van der Waals surface area contributed by atoms with Crippen molar-refractivity contribution in [2.45, 2.75) is 27.1 Å². The third-order valence-corrected chi connectivity index (χ3v) is 4.32.